The zero-order chi connectivity index (χ0) is 11.5. The summed E-state index contributed by atoms with van der Waals surface area (Å²) in [6.45, 7) is 1.92. The molecule has 0 aliphatic rings. The Morgan fingerprint density at radius 2 is 2.06 bits per heavy atom. The molecular formula is C13H13NO2. The predicted molar refractivity (Wildman–Crippen MR) is 62.9 cm³/mol. The number of hydrogen-bond acceptors (Lipinski definition) is 2. The monoisotopic (exact) mass is 215 g/mol. The minimum Gasteiger partial charge on any atom is -0.496 e. The number of nitrogens with one attached hydrogen (secondary N) is 1. The van der Waals surface area contributed by atoms with E-state index in [2.05, 4.69) is 4.98 Å². The summed E-state index contributed by atoms with van der Waals surface area (Å²) in [5, 5.41) is 0. The molecule has 0 aliphatic carbocycles. The maximum absolute atomic E-state index is 11.0. The van der Waals surface area contributed by atoms with Crippen molar-refractivity contribution < 1.29 is 9.53 Å². The number of aldehydes is 1. The van der Waals surface area contributed by atoms with Gasteiger partial charge in [0.1, 0.15) is 5.75 Å². The number of aromatic amines is 1. The van der Waals surface area contributed by atoms with Crippen LogP contribution in [-0.2, 0) is 0 Å². The summed E-state index contributed by atoms with van der Waals surface area (Å²) in [5.74, 6) is 0.757. The van der Waals surface area contributed by atoms with E-state index in [1.165, 1.54) is 0 Å². The van der Waals surface area contributed by atoms with E-state index in [-0.39, 0.29) is 0 Å². The molecule has 1 aromatic carbocycles. The highest BCUT2D eigenvalue weighted by atomic mass is 16.5. The number of aryl methyl sites for hydroxylation is 1. The topological polar surface area (TPSA) is 42.1 Å². The Morgan fingerprint density at radius 3 is 2.75 bits per heavy atom. The number of ether oxygens (including phenoxy) is 1. The van der Waals surface area contributed by atoms with Crippen molar-refractivity contribution in [2.75, 3.05) is 7.11 Å². The lowest BCUT2D eigenvalue weighted by atomic mass is 10.1. The van der Waals surface area contributed by atoms with Crippen LogP contribution in [0.4, 0.5) is 0 Å². The van der Waals surface area contributed by atoms with E-state index in [0.717, 1.165) is 29.0 Å². The highest BCUT2D eigenvalue weighted by Crippen LogP contribution is 2.30. The third kappa shape index (κ3) is 1.72. The first-order valence-corrected chi connectivity index (χ1v) is 5.04. The van der Waals surface area contributed by atoms with Crippen molar-refractivity contribution in [3.63, 3.8) is 0 Å². The molecule has 3 nitrogen and oxygen atoms in total. The number of carbonyl (C=O) groups is 1. The molecule has 0 saturated heterocycles. The van der Waals surface area contributed by atoms with Crippen LogP contribution in [0.1, 0.15) is 16.1 Å². The van der Waals surface area contributed by atoms with Crippen LogP contribution < -0.4 is 4.74 Å². The van der Waals surface area contributed by atoms with Crippen LogP contribution in [0.3, 0.4) is 0 Å². The number of hydrogen-bond donors (Lipinski definition) is 1. The van der Waals surface area contributed by atoms with Gasteiger partial charge >= 0.3 is 0 Å². The average molecular weight is 215 g/mol. The smallest absolute Gasteiger partial charge is 0.152 e. The van der Waals surface area contributed by atoms with Gasteiger partial charge < -0.3 is 9.72 Å². The fourth-order valence-corrected chi connectivity index (χ4v) is 1.78. The van der Waals surface area contributed by atoms with Gasteiger partial charge in [-0.1, -0.05) is 12.1 Å². The van der Waals surface area contributed by atoms with Crippen molar-refractivity contribution in [1.29, 1.82) is 0 Å². The third-order valence-corrected chi connectivity index (χ3v) is 2.49. The number of benzene rings is 1. The number of methoxy groups -OCH3 is 1. The second-order valence-corrected chi connectivity index (χ2v) is 3.60. The summed E-state index contributed by atoms with van der Waals surface area (Å²) in [5.41, 5.74) is 3.33. The molecule has 1 aromatic heterocycles. The van der Waals surface area contributed by atoms with Crippen LogP contribution in [-0.4, -0.2) is 18.4 Å². The molecule has 2 rings (SSSR count). The lowest BCUT2D eigenvalue weighted by Crippen LogP contribution is -1.90. The van der Waals surface area contributed by atoms with Gasteiger partial charge in [-0.05, 0) is 25.1 Å². The van der Waals surface area contributed by atoms with E-state index in [1.54, 1.807) is 7.11 Å². The van der Waals surface area contributed by atoms with Crippen LogP contribution >= 0.6 is 0 Å². The third-order valence-electron chi connectivity index (χ3n) is 2.49. The molecule has 2 aromatic rings. The molecule has 1 N–H and O–H groups in total. The van der Waals surface area contributed by atoms with Gasteiger partial charge in [-0.3, -0.25) is 4.79 Å². The molecule has 0 aliphatic heterocycles. The summed E-state index contributed by atoms with van der Waals surface area (Å²) in [6, 6.07) is 9.45. The number of rotatable bonds is 3. The van der Waals surface area contributed by atoms with Crippen molar-refractivity contribution in [3.8, 4) is 17.0 Å². The molecule has 0 radical (unpaired) electrons. The van der Waals surface area contributed by atoms with E-state index >= 15 is 0 Å². The lowest BCUT2D eigenvalue weighted by molar-refractivity contribution is 0.112. The minimum absolute atomic E-state index is 0.655. The summed E-state index contributed by atoms with van der Waals surface area (Å²) in [7, 11) is 1.62. The summed E-state index contributed by atoms with van der Waals surface area (Å²) >= 11 is 0. The number of para-hydroxylation sites is 1. The lowest BCUT2D eigenvalue weighted by Gasteiger charge is -2.07. The first kappa shape index (κ1) is 10.5. The average Bonchev–Trinajstić information content (AvgIpc) is 2.70. The quantitative estimate of drug-likeness (QED) is 0.800. The van der Waals surface area contributed by atoms with Gasteiger partial charge in [0.25, 0.3) is 0 Å². The summed E-state index contributed by atoms with van der Waals surface area (Å²) in [6.07, 6.45) is 0.852. The van der Waals surface area contributed by atoms with Gasteiger partial charge in [0, 0.05) is 16.8 Å². The summed E-state index contributed by atoms with van der Waals surface area (Å²) in [4.78, 5) is 14.1. The van der Waals surface area contributed by atoms with E-state index in [4.69, 9.17) is 4.74 Å². The van der Waals surface area contributed by atoms with Crippen molar-refractivity contribution in [2.24, 2.45) is 0 Å². The molecule has 0 bridgehead atoms. The van der Waals surface area contributed by atoms with Gasteiger partial charge in [0.05, 0.1) is 12.8 Å². The van der Waals surface area contributed by atoms with Crippen LogP contribution in [0, 0.1) is 6.92 Å². The number of carbonyl (C=O) groups excluding carboxylic acids is 1. The van der Waals surface area contributed by atoms with Crippen LogP contribution in [0.2, 0.25) is 0 Å². The fraction of sp³-hybridized carbons (Fsp3) is 0.154. The van der Waals surface area contributed by atoms with Crippen molar-refractivity contribution in [2.45, 2.75) is 6.92 Å². The standard InChI is InChI=1S/C13H13NO2/c1-9-7-10(8-15)13(14-9)11-5-3-4-6-12(11)16-2/h3-8,14H,1-2H3. The van der Waals surface area contributed by atoms with Gasteiger partial charge in [-0.15, -0.1) is 0 Å². The molecule has 82 valence electrons. The van der Waals surface area contributed by atoms with Crippen LogP contribution in [0.25, 0.3) is 11.3 Å². The zero-order valence-electron chi connectivity index (χ0n) is 9.28. The first-order chi connectivity index (χ1) is 7.76. The first-order valence-electron chi connectivity index (χ1n) is 5.04. The zero-order valence-corrected chi connectivity index (χ0v) is 9.28. The SMILES string of the molecule is COc1ccccc1-c1[nH]c(C)cc1C=O. The van der Waals surface area contributed by atoms with E-state index in [1.807, 2.05) is 37.3 Å². The molecule has 0 unspecified atom stereocenters. The maximum Gasteiger partial charge on any atom is 0.152 e. The number of H-pyrrole nitrogens is 1. The van der Waals surface area contributed by atoms with Crippen molar-refractivity contribution in [1.82, 2.24) is 4.98 Å². The Kier molecular flexibility index (Phi) is 2.77. The Labute approximate surface area is 94.1 Å². The highest BCUT2D eigenvalue weighted by molar-refractivity contribution is 5.88. The fourth-order valence-electron chi connectivity index (χ4n) is 1.78. The molecule has 16 heavy (non-hydrogen) atoms. The molecule has 0 amide bonds. The van der Waals surface area contributed by atoms with Crippen molar-refractivity contribution in [3.05, 3.63) is 41.6 Å². The van der Waals surface area contributed by atoms with Crippen LogP contribution in [0.5, 0.6) is 5.75 Å². The molecule has 3 heteroatoms. The molecule has 1 heterocycles. The Morgan fingerprint density at radius 1 is 1.31 bits per heavy atom. The van der Waals surface area contributed by atoms with E-state index in [0.29, 0.717) is 5.56 Å². The second kappa shape index (κ2) is 4.23. The van der Waals surface area contributed by atoms with Gasteiger partial charge in [-0.2, -0.15) is 0 Å². The van der Waals surface area contributed by atoms with Crippen molar-refractivity contribution >= 4 is 6.29 Å². The molecular weight excluding hydrogens is 202 g/mol. The molecule has 0 spiro atoms. The molecule has 0 atom stereocenters. The normalized spacial score (nSPS) is 10.1. The molecule has 0 saturated carbocycles. The molecule has 0 fully saturated rings. The van der Waals surface area contributed by atoms with Gasteiger partial charge in [0.2, 0.25) is 0 Å². The van der Waals surface area contributed by atoms with Crippen LogP contribution in [0.15, 0.2) is 30.3 Å². The second-order valence-electron chi connectivity index (χ2n) is 3.60. The van der Waals surface area contributed by atoms with Gasteiger partial charge in [-0.25, -0.2) is 0 Å². The summed E-state index contributed by atoms with van der Waals surface area (Å²) < 4.78 is 5.27. The Hall–Kier alpha value is -2.03. The largest absolute Gasteiger partial charge is 0.496 e. The maximum atomic E-state index is 11.0. The minimum atomic E-state index is 0.655. The Bertz CT molecular complexity index is 514. The number of aromatic nitrogens is 1. The van der Waals surface area contributed by atoms with Gasteiger partial charge in [0.15, 0.2) is 6.29 Å². The highest BCUT2D eigenvalue weighted by Gasteiger charge is 2.11. The Balaban J connectivity index is 2.61. The van der Waals surface area contributed by atoms with E-state index in [9.17, 15) is 4.79 Å². The predicted octanol–water partition coefficient (Wildman–Crippen LogP) is 2.81. The van der Waals surface area contributed by atoms with E-state index < -0.39 is 0 Å².